The molecule has 146 valence electrons. The lowest BCUT2D eigenvalue weighted by molar-refractivity contribution is 0.171. The maximum absolute atomic E-state index is 5.82. The lowest BCUT2D eigenvalue weighted by Crippen LogP contribution is -2.15. The van der Waals surface area contributed by atoms with Crippen LogP contribution in [0.15, 0.2) is 47.1 Å². The number of aryl methyl sites for hydroxylation is 1. The highest BCUT2D eigenvalue weighted by molar-refractivity contribution is 7.19. The van der Waals surface area contributed by atoms with Gasteiger partial charge in [0, 0.05) is 21.4 Å². The molecule has 0 N–H and O–H groups in total. The largest absolute Gasteiger partial charge is 0.486 e. The van der Waals surface area contributed by atoms with Crippen LogP contribution in [0.2, 0.25) is 0 Å². The maximum atomic E-state index is 5.82. The number of nitrogens with zero attached hydrogens (tertiary/aromatic N) is 1. The Morgan fingerprint density at radius 1 is 1.07 bits per heavy atom. The van der Waals surface area contributed by atoms with E-state index in [1.165, 1.54) is 22.2 Å². The van der Waals surface area contributed by atoms with Crippen molar-refractivity contribution in [2.75, 3.05) is 13.2 Å². The van der Waals surface area contributed by atoms with Crippen molar-refractivity contribution in [2.45, 2.75) is 26.2 Å². The molecule has 1 aromatic carbocycles. The molecule has 2 aliphatic rings. The van der Waals surface area contributed by atoms with E-state index in [2.05, 4.69) is 19.1 Å². The summed E-state index contributed by atoms with van der Waals surface area (Å²) in [4.78, 5) is 7.66. The number of ether oxygens (including phenoxy) is 2. The van der Waals surface area contributed by atoms with Gasteiger partial charge in [0.2, 0.25) is 0 Å². The third-order valence-electron chi connectivity index (χ3n) is 5.89. The minimum Gasteiger partial charge on any atom is -0.486 e. The Bertz CT molecular complexity index is 1210. The van der Waals surface area contributed by atoms with Crippen molar-refractivity contribution >= 4 is 21.6 Å². The molecule has 29 heavy (non-hydrogen) atoms. The van der Waals surface area contributed by atoms with Crippen LogP contribution in [0.5, 0.6) is 11.5 Å². The van der Waals surface area contributed by atoms with Gasteiger partial charge >= 0.3 is 0 Å². The van der Waals surface area contributed by atoms with Crippen LogP contribution in [0.3, 0.4) is 0 Å². The van der Waals surface area contributed by atoms with Gasteiger partial charge in [-0.2, -0.15) is 0 Å². The number of aromatic nitrogens is 1. The molecule has 0 saturated heterocycles. The summed E-state index contributed by atoms with van der Waals surface area (Å²) in [6.45, 7) is 3.52. The van der Waals surface area contributed by atoms with Gasteiger partial charge in [-0.3, -0.25) is 0 Å². The molecule has 1 aliphatic carbocycles. The van der Waals surface area contributed by atoms with Crippen LogP contribution < -0.4 is 9.47 Å². The second-order valence-electron chi connectivity index (χ2n) is 7.92. The van der Waals surface area contributed by atoms with Crippen LogP contribution >= 0.6 is 11.3 Å². The van der Waals surface area contributed by atoms with E-state index in [9.17, 15) is 0 Å². The van der Waals surface area contributed by atoms with E-state index in [-0.39, 0.29) is 0 Å². The third-order valence-corrected chi connectivity index (χ3v) is 7.04. The molecule has 4 aromatic rings. The van der Waals surface area contributed by atoms with Gasteiger partial charge in [0.1, 0.15) is 23.8 Å². The molecule has 0 fully saturated rings. The monoisotopic (exact) mass is 403 g/mol. The van der Waals surface area contributed by atoms with Crippen molar-refractivity contribution in [2.24, 2.45) is 5.92 Å². The normalized spacial score (nSPS) is 18.0. The van der Waals surface area contributed by atoms with Crippen molar-refractivity contribution in [3.63, 3.8) is 0 Å². The molecular formula is C24H21NO3S. The number of hydrogen-bond donors (Lipinski definition) is 0. The number of pyridine rings is 1. The minimum absolute atomic E-state index is 0.580. The molecule has 0 bridgehead atoms. The fourth-order valence-electron chi connectivity index (χ4n) is 4.42. The third kappa shape index (κ3) is 2.84. The van der Waals surface area contributed by atoms with Gasteiger partial charge in [0.05, 0.1) is 12.0 Å². The van der Waals surface area contributed by atoms with Gasteiger partial charge in [-0.05, 0) is 67.1 Å². The van der Waals surface area contributed by atoms with Gasteiger partial charge < -0.3 is 13.9 Å². The average Bonchev–Trinajstić information content (AvgIpc) is 3.40. The minimum atomic E-state index is 0.580. The first-order valence-corrected chi connectivity index (χ1v) is 11.0. The van der Waals surface area contributed by atoms with Crippen LogP contribution in [0.25, 0.3) is 32.8 Å². The van der Waals surface area contributed by atoms with Gasteiger partial charge in [0.15, 0.2) is 11.5 Å². The Kier molecular flexibility index (Phi) is 3.91. The molecular weight excluding hydrogens is 382 g/mol. The molecule has 6 rings (SSSR count). The van der Waals surface area contributed by atoms with Crippen molar-refractivity contribution in [1.82, 2.24) is 4.98 Å². The number of thiophene rings is 1. The van der Waals surface area contributed by atoms with Gasteiger partial charge in [0.25, 0.3) is 0 Å². The summed E-state index contributed by atoms with van der Waals surface area (Å²) >= 11 is 1.84. The van der Waals surface area contributed by atoms with Crippen LogP contribution in [-0.2, 0) is 12.8 Å². The van der Waals surface area contributed by atoms with E-state index >= 15 is 0 Å². The topological polar surface area (TPSA) is 44.5 Å². The molecule has 4 heterocycles. The zero-order valence-corrected chi connectivity index (χ0v) is 17.1. The van der Waals surface area contributed by atoms with Gasteiger partial charge in [-0.1, -0.05) is 6.92 Å². The Balaban J connectivity index is 1.57. The van der Waals surface area contributed by atoms with Crippen molar-refractivity contribution in [3.05, 3.63) is 53.1 Å². The predicted molar refractivity (Wildman–Crippen MR) is 115 cm³/mol. The van der Waals surface area contributed by atoms with E-state index in [4.69, 9.17) is 18.9 Å². The molecule has 1 aliphatic heterocycles. The van der Waals surface area contributed by atoms with E-state index in [1.54, 1.807) is 6.26 Å². The van der Waals surface area contributed by atoms with E-state index in [1.807, 2.05) is 35.6 Å². The molecule has 0 saturated carbocycles. The second-order valence-corrected chi connectivity index (χ2v) is 9.01. The molecule has 1 unspecified atom stereocenters. The highest BCUT2D eigenvalue weighted by Crippen LogP contribution is 2.44. The van der Waals surface area contributed by atoms with Crippen LogP contribution in [0.1, 0.15) is 23.8 Å². The number of rotatable bonds is 2. The SMILES string of the molecule is CC1CCc2c(sc3nc(-c4ccc5c(c4)OCCO5)cc(-c4ccco4)c23)C1. The summed E-state index contributed by atoms with van der Waals surface area (Å²) in [5.41, 5.74) is 4.57. The highest BCUT2D eigenvalue weighted by Gasteiger charge is 2.25. The summed E-state index contributed by atoms with van der Waals surface area (Å²) in [6, 6.07) is 12.2. The molecule has 4 nitrogen and oxygen atoms in total. The molecule has 0 amide bonds. The molecule has 1 atom stereocenters. The summed E-state index contributed by atoms with van der Waals surface area (Å²) in [7, 11) is 0. The van der Waals surface area contributed by atoms with E-state index in [0.717, 1.165) is 57.7 Å². The zero-order chi connectivity index (χ0) is 19.4. The Morgan fingerprint density at radius 3 is 2.83 bits per heavy atom. The Labute approximate surface area is 173 Å². The Morgan fingerprint density at radius 2 is 1.97 bits per heavy atom. The molecule has 3 aromatic heterocycles. The molecule has 5 heteroatoms. The smallest absolute Gasteiger partial charge is 0.162 e. The zero-order valence-electron chi connectivity index (χ0n) is 16.2. The number of benzene rings is 1. The standard InChI is InChI=1S/C24H21NO3S/c1-14-4-6-16-22(11-14)29-24-23(16)17(19-3-2-8-26-19)13-18(25-24)15-5-7-20-21(12-15)28-10-9-27-20/h2-3,5,7-8,12-14H,4,6,9-11H2,1H3. The first kappa shape index (κ1) is 17.1. The summed E-state index contributed by atoms with van der Waals surface area (Å²) in [5, 5.41) is 1.27. The maximum Gasteiger partial charge on any atom is 0.162 e. The quantitative estimate of drug-likeness (QED) is 0.404. The highest BCUT2D eigenvalue weighted by atomic mass is 32.1. The van der Waals surface area contributed by atoms with Crippen LogP contribution in [0.4, 0.5) is 0 Å². The van der Waals surface area contributed by atoms with Crippen LogP contribution in [-0.4, -0.2) is 18.2 Å². The van der Waals surface area contributed by atoms with Gasteiger partial charge in [-0.15, -0.1) is 11.3 Å². The van der Waals surface area contributed by atoms with E-state index < -0.39 is 0 Å². The first-order valence-electron chi connectivity index (χ1n) is 10.2. The predicted octanol–water partition coefficient (Wildman–Crippen LogP) is 6.12. The lowest BCUT2D eigenvalue weighted by atomic mass is 9.88. The summed E-state index contributed by atoms with van der Waals surface area (Å²) in [5.74, 6) is 3.22. The Hall–Kier alpha value is -2.79. The lowest BCUT2D eigenvalue weighted by Gasteiger charge is -2.19. The molecule has 0 radical (unpaired) electrons. The van der Waals surface area contributed by atoms with E-state index in [0.29, 0.717) is 13.2 Å². The van der Waals surface area contributed by atoms with Crippen LogP contribution in [0, 0.1) is 5.92 Å². The molecule has 0 spiro atoms. The van der Waals surface area contributed by atoms with Crippen molar-refractivity contribution in [3.8, 4) is 34.1 Å². The summed E-state index contributed by atoms with van der Waals surface area (Å²) in [6.07, 6.45) is 5.25. The van der Waals surface area contributed by atoms with Gasteiger partial charge in [-0.25, -0.2) is 4.98 Å². The first-order chi connectivity index (χ1) is 14.3. The summed E-state index contributed by atoms with van der Waals surface area (Å²) < 4.78 is 17.3. The fraction of sp³-hybridized carbons (Fsp3) is 0.292. The van der Waals surface area contributed by atoms with Crippen molar-refractivity contribution < 1.29 is 13.9 Å². The average molecular weight is 404 g/mol. The number of hydrogen-bond acceptors (Lipinski definition) is 5. The number of furan rings is 1. The number of fused-ring (bicyclic) bond motifs is 4. The van der Waals surface area contributed by atoms with Crippen molar-refractivity contribution in [1.29, 1.82) is 0 Å². The second kappa shape index (κ2) is 6.63. The fourth-order valence-corrected chi connectivity index (χ4v) is 5.83.